The van der Waals surface area contributed by atoms with Crippen molar-refractivity contribution in [2.24, 2.45) is 0 Å². The molecular weight excluding hydrogens is 387 g/mol. The minimum atomic E-state index is -0.373. The van der Waals surface area contributed by atoms with Crippen molar-refractivity contribution >= 4 is 65.6 Å². The van der Waals surface area contributed by atoms with Crippen LogP contribution in [0.1, 0.15) is 27.7 Å². The van der Waals surface area contributed by atoms with Crippen LogP contribution in [0.25, 0.3) is 41.7 Å². The summed E-state index contributed by atoms with van der Waals surface area (Å²) >= 11 is 1.87. The Morgan fingerprint density at radius 3 is 1.87 bits per heavy atom. The van der Waals surface area contributed by atoms with Crippen molar-refractivity contribution < 1.29 is 9.31 Å². The second-order valence-corrected chi connectivity index (χ2v) is 10.3. The number of rotatable bonds is 1. The topological polar surface area (TPSA) is 18.5 Å². The highest BCUT2D eigenvalue weighted by Gasteiger charge is 2.52. The second kappa shape index (κ2) is 6.07. The van der Waals surface area contributed by atoms with Crippen LogP contribution in [0.2, 0.25) is 0 Å². The minimum Gasteiger partial charge on any atom is -0.399 e. The molecule has 1 aliphatic rings. The Hall–Kier alpha value is -2.40. The second-order valence-electron chi connectivity index (χ2n) is 9.21. The zero-order valence-corrected chi connectivity index (χ0v) is 18.5. The van der Waals surface area contributed by atoms with E-state index in [9.17, 15) is 0 Å². The fourth-order valence-electron chi connectivity index (χ4n) is 4.64. The van der Waals surface area contributed by atoms with Crippen molar-refractivity contribution in [1.82, 2.24) is 0 Å². The zero-order chi connectivity index (χ0) is 20.7. The van der Waals surface area contributed by atoms with Crippen molar-refractivity contribution in [3.8, 4) is 0 Å². The van der Waals surface area contributed by atoms with Crippen molar-refractivity contribution in [2.45, 2.75) is 38.9 Å². The van der Waals surface area contributed by atoms with Crippen molar-refractivity contribution in [3.05, 3.63) is 66.7 Å². The molecule has 30 heavy (non-hydrogen) atoms. The fourth-order valence-corrected chi connectivity index (χ4v) is 5.93. The number of hydrogen-bond donors (Lipinski definition) is 0. The van der Waals surface area contributed by atoms with Gasteiger partial charge in [0.05, 0.1) is 11.2 Å². The Morgan fingerprint density at radius 2 is 1.20 bits per heavy atom. The SMILES string of the molecule is CC1(C)OB(c2cccc3sc4c5ccccc5c5ccccc5c4c23)OC1(C)C. The Bertz CT molecular complexity index is 1450. The lowest BCUT2D eigenvalue weighted by Gasteiger charge is -2.32. The first-order chi connectivity index (χ1) is 14.4. The number of benzene rings is 4. The van der Waals surface area contributed by atoms with Crippen LogP contribution >= 0.6 is 11.3 Å². The van der Waals surface area contributed by atoms with Gasteiger partial charge in [0.1, 0.15) is 0 Å². The zero-order valence-electron chi connectivity index (χ0n) is 17.7. The van der Waals surface area contributed by atoms with Crippen LogP contribution in [0, 0.1) is 0 Å². The van der Waals surface area contributed by atoms with E-state index in [-0.39, 0.29) is 18.3 Å². The smallest absolute Gasteiger partial charge is 0.399 e. The van der Waals surface area contributed by atoms with E-state index in [2.05, 4.69) is 94.4 Å². The maximum Gasteiger partial charge on any atom is 0.495 e. The summed E-state index contributed by atoms with van der Waals surface area (Å²) in [4.78, 5) is 0. The Labute approximate surface area is 180 Å². The van der Waals surface area contributed by atoms with E-state index in [0.29, 0.717) is 0 Å². The monoisotopic (exact) mass is 410 g/mol. The van der Waals surface area contributed by atoms with Crippen LogP contribution in [-0.4, -0.2) is 18.3 Å². The van der Waals surface area contributed by atoms with Gasteiger partial charge in [-0.1, -0.05) is 60.7 Å². The molecule has 2 heterocycles. The van der Waals surface area contributed by atoms with E-state index >= 15 is 0 Å². The van der Waals surface area contributed by atoms with Gasteiger partial charge >= 0.3 is 7.12 Å². The van der Waals surface area contributed by atoms with Gasteiger partial charge in [-0.15, -0.1) is 11.3 Å². The maximum atomic E-state index is 6.46. The summed E-state index contributed by atoms with van der Waals surface area (Å²) in [5.41, 5.74) is 0.402. The van der Waals surface area contributed by atoms with Gasteiger partial charge in [-0.25, -0.2) is 0 Å². The van der Waals surface area contributed by atoms with Crippen LogP contribution in [-0.2, 0) is 9.31 Å². The third-order valence-corrected chi connectivity index (χ3v) is 8.10. The van der Waals surface area contributed by atoms with Gasteiger partial charge in [-0.3, -0.25) is 0 Å². The molecule has 0 aliphatic carbocycles. The summed E-state index contributed by atoms with van der Waals surface area (Å²) in [6, 6.07) is 24.0. The molecule has 148 valence electrons. The summed E-state index contributed by atoms with van der Waals surface area (Å²) in [5, 5.41) is 7.79. The number of hydrogen-bond acceptors (Lipinski definition) is 3. The summed E-state index contributed by atoms with van der Waals surface area (Å²) in [5.74, 6) is 0. The molecule has 0 amide bonds. The molecule has 0 saturated carbocycles. The van der Waals surface area contributed by atoms with Crippen molar-refractivity contribution in [3.63, 3.8) is 0 Å². The normalized spacial score (nSPS) is 18.2. The summed E-state index contributed by atoms with van der Waals surface area (Å²) in [7, 11) is -0.373. The lowest BCUT2D eigenvalue weighted by atomic mass is 9.76. The molecule has 0 radical (unpaired) electrons. The van der Waals surface area contributed by atoms with Crippen molar-refractivity contribution in [2.75, 3.05) is 0 Å². The van der Waals surface area contributed by atoms with Crippen molar-refractivity contribution in [1.29, 1.82) is 0 Å². The lowest BCUT2D eigenvalue weighted by Crippen LogP contribution is -2.41. The molecule has 2 nitrogen and oxygen atoms in total. The Morgan fingerprint density at radius 1 is 0.633 bits per heavy atom. The van der Waals surface area contributed by atoms with E-state index < -0.39 is 0 Å². The van der Waals surface area contributed by atoms with E-state index in [4.69, 9.17) is 9.31 Å². The first-order valence-corrected chi connectivity index (χ1v) is 11.3. The molecule has 0 unspecified atom stereocenters. The lowest BCUT2D eigenvalue weighted by molar-refractivity contribution is 0.00578. The predicted molar refractivity (Wildman–Crippen MR) is 130 cm³/mol. The summed E-state index contributed by atoms with van der Waals surface area (Å²) < 4.78 is 15.5. The standard InChI is InChI=1S/C26H23BO2S/c1-25(2)26(3,4)29-27(28-25)20-14-9-15-21-23(20)22-18-12-7-5-10-16(18)17-11-6-8-13-19(17)24(22)30-21/h5-15H,1-4H3. The van der Waals surface area contributed by atoms with Crippen LogP contribution in [0.5, 0.6) is 0 Å². The minimum absolute atomic E-state index is 0.361. The van der Waals surface area contributed by atoms with Gasteiger partial charge in [0, 0.05) is 25.6 Å². The Balaban J connectivity index is 1.76. The molecule has 4 heteroatoms. The maximum absolute atomic E-state index is 6.46. The summed E-state index contributed by atoms with van der Waals surface area (Å²) in [6.45, 7) is 8.45. The van der Waals surface area contributed by atoms with E-state index in [1.54, 1.807) is 0 Å². The van der Waals surface area contributed by atoms with Crippen LogP contribution in [0.3, 0.4) is 0 Å². The molecular formula is C26H23BO2S. The molecule has 6 rings (SSSR count). The fraction of sp³-hybridized carbons (Fsp3) is 0.231. The molecule has 0 spiro atoms. The van der Waals surface area contributed by atoms with E-state index in [0.717, 1.165) is 5.46 Å². The first-order valence-electron chi connectivity index (χ1n) is 10.5. The summed E-state index contributed by atoms with van der Waals surface area (Å²) in [6.07, 6.45) is 0. The third-order valence-electron chi connectivity index (χ3n) is 6.91. The van der Waals surface area contributed by atoms with Gasteiger partial charge in [0.15, 0.2) is 0 Å². The average molecular weight is 410 g/mol. The highest BCUT2D eigenvalue weighted by Crippen LogP contribution is 2.44. The van der Waals surface area contributed by atoms with E-state index in [1.165, 1.54) is 41.7 Å². The van der Waals surface area contributed by atoms with Gasteiger partial charge in [0.25, 0.3) is 0 Å². The molecule has 4 aromatic carbocycles. The highest BCUT2D eigenvalue weighted by molar-refractivity contribution is 7.27. The quantitative estimate of drug-likeness (QED) is 0.227. The Kier molecular flexibility index (Phi) is 3.72. The molecule has 1 aromatic heterocycles. The highest BCUT2D eigenvalue weighted by atomic mass is 32.1. The number of thiophene rings is 1. The molecule has 0 bridgehead atoms. The first kappa shape index (κ1) is 18.4. The van der Waals surface area contributed by atoms with Gasteiger partial charge < -0.3 is 9.31 Å². The molecule has 0 atom stereocenters. The average Bonchev–Trinajstić information content (AvgIpc) is 3.22. The van der Waals surface area contributed by atoms with E-state index in [1.807, 2.05) is 11.3 Å². The molecule has 0 N–H and O–H groups in total. The van der Waals surface area contributed by atoms with Crippen LogP contribution < -0.4 is 5.46 Å². The molecule has 5 aromatic rings. The largest absolute Gasteiger partial charge is 0.495 e. The van der Waals surface area contributed by atoms with Gasteiger partial charge in [-0.2, -0.15) is 0 Å². The number of fused-ring (bicyclic) bond motifs is 8. The predicted octanol–water partition coefficient (Wildman–Crippen LogP) is 6.66. The molecule has 1 aliphatic heterocycles. The van der Waals surface area contributed by atoms with Crippen LogP contribution in [0.4, 0.5) is 0 Å². The van der Waals surface area contributed by atoms with Crippen LogP contribution in [0.15, 0.2) is 66.7 Å². The third kappa shape index (κ3) is 2.39. The van der Waals surface area contributed by atoms with Gasteiger partial charge in [-0.05, 0) is 55.4 Å². The molecule has 1 fully saturated rings. The van der Waals surface area contributed by atoms with Gasteiger partial charge in [0.2, 0.25) is 0 Å². The molecule has 1 saturated heterocycles.